The number of aliphatic hydroxyl groups excluding tert-OH is 1. The number of anilines is 1. The van der Waals surface area contributed by atoms with Gasteiger partial charge in [0.25, 0.3) is 5.56 Å². The third-order valence-electron chi connectivity index (χ3n) is 3.45. The molecule has 1 aromatic heterocycles. The molecule has 22 heavy (non-hydrogen) atoms. The molecule has 0 spiro atoms. The Morgan fingerprint density at radius 1 is 1.09 bits per heavy atom. The van der Waals surface area contributed by atoms with Crippen LogP contribution in [0.15, 0.2) is 65.7 Å². The molecule has 0 saturated heterocycles. The van der Waals surface area contributed by atoms with Crippen LogP contribution in [0.4, 0.5) is 5.69 Å². The lowest BCUT2D eigenvalue weighted by atomic mass is 10.2. The summed E-state index contributed by atoms with van der Waals surface area (Å²) < 4.78 is 1.44. The minimum Gasteiger partial charge on any atom is -0.389 e. The van der Waals surface area contributed by atoms with E-state index >= 15 is 0 Å². The maximum Gasteiger partial charge on any atom is 0.261 e. The van der Waals surface area contributed by atoms with Gasteiger partial charge in [0, 0.05) is 12.2 Å². The fourth-order valence-electron chi connectivity index (χ4n) is 2.32. The number of nitrogens with one attached hydrogen (secondary N) is 1. The molecular formula is C17H17N3O2. The molecule has 2 N–H and O–H groups in total. The third-order valence-corrected chi connectivity index (χ3v) is 3.45. The van der Waals surface area contributed by atoms with Gasteiger partial charge in [-0.3, -0.25) is 9.36 Å². The van der Waals surface area contributed by atoms with Crippen molar-refractivity contribution in [3.8, 4) is 0 Å². The Hall–Kier alpha value is -2.66. The summed E-state index contributed by atoms with van der Waals surface area (Å²) in [6, 6.07) is 16.8. The van der Waals surface area contributed by atoms with E-state index in [9.17, 15) is 9.90 Å². The molecule has 3 rings (SSSR count). The second kappa shape index (κ2) is 6.41. The van der Waals surface area contributed by atoms with Gasteiger partial charge in [-0.1, -0.05) is 30.3 Å². The molecule has 112 valence electrons. The van der Waals surface area contributed by atoms with Crippen LogP contribution in [0.3, 0.4) is 0 Å². The van der Waals surface area contributed by atoms with E-state index in [-0.39, 0.29) is 12.1 Å². The Kier molecular flexibility index (Phi) is 4.16. The molecule has 0 radical (unpaired) electrons. The van der Waals surface area contributed by atoms with Gasteiger partial charge in [-0.05, 0) is 24.3 Å². The van der Waals surface area contributed by atoms with Crippen molar-refractivity contribution in [2.75, 3.05) is 11.9 Å². The second-order valence-corrected chi connectivity index (χ2v) is 5.12. The number of rotatable bonds is 5. The Balaban J connectivity index is 1.70. The number of aromatic nitrogens is 2. The molecule has 1 heterocycles. The smallest absolute Gasteiger partial charge is 0.261 e. The first-order valence-corrected chi connectivity index (χ1v) is 7.15. The van der Waals surface area contributed by atoms with Gasteiger partial charge in [0.1, 0.15) is 0 Å². The summed E-state index contributed by atoms with van der Waals surface area (Å²) in [6.07, 6.45) is 0.803. The molecule has 0 fully saturated rings. The highest BCUT2D eigenvalue weighted by Crippen LogP contribution is 2.06. The van der Waals surface area contributed by atoms with Crippen LogP contribution in [-0.4, -0.2) is 27.3 Å². The number of benzene rings is 2. The Bertz CT molecular complexity index is 815. The summed E-state index contributed by atoms with van der Waals surface area (Å²) in [7, 11) is 0. The number of hydrogen-bond acceptors (Lipinski definition) is 4. The van der Waals surface area contributed by atoms with Crippen LogP contribution in [-0.2, 0) is 6.54 Å². The lowest BCUT2D eigenvalue weighted by Gasteiger charge is -2.14. The SMILES string of the molecule is O=c1c2ccccc2ncn1C[C@@H](O)CNc1ccccc1. The van der Waals surface area contributed by atoms with Crippen molar-refractivity contribution >= 4 is 16.6 Å². The molecule has 3 aromatic rings. The second-order valence-electron chi connectivity index (χ2n) is 5.12. The van der Waals surface area contributed by atoms with Crippen LogP contribution in [0.5, 0.6) is 0 Å². The molecule has 5 heteroatoms. The van der Waals surface area contributed by atoms with E-state index in [2.05, 4.69) is 10.3 Å². The van der Waals surface area contributed by atoms with Crippen LogP contribution >= 0.6 is 0 Å². The topological polar surface area (TPSA) is 67.2 Å². The third kappa shape index (κ3) is 3.15. The van der Waals surface area contributed by atoms with Crippen molar-refractivity contribution < 1.29 is 5.11 Å². The van der Waals surface area contributed by atoms with Crippen LogP contribution < -0.4 is 10.9 Å². The van der Waals surface area contributed by atoms with E-state index in [1.807, 2.05) is 42.5 Å². The van der Waals surface area contributed by atoms with Crippen molar-refractivity contribution in [2.24, 2.45) is 0 Å². The number of para-hydroxylation sites is 2. The fourth-order valence-corrected chi connectivity index (χ4v) is 2.32. The first-order chi connectivity index (χ1) is 10.7. The fraction of sp³-hybridized carbons (Fsp3) is 0.176. The highest BCUT2D eigenvalue weighted by atomic mass is 16.3. The number of aliphatic hydroxyl groups is 1. The molecule has 0 aliphatic carbocycles. The quantitative estimate of drug-likeness (QED) is 0.754. The molecule has 0 saturated carbocycles. The largest absolute Gasteiger partial charge is 0.389 e. The van der Waals surface area contributed by atoms with Crippen molar-refractivity contribution in [3.05, 3.63) is 71.3 Å². The Morgan fingerprint density at radius 2 is 1.82 bits per heavy atom. The van der Waals surface area contributed by atoms with Gasteiger partial charge in [0.15, 0.2) is 0 Å². The van der Waals surface area contributed by atoms with Gasteiger partial charge in [-0.2, -0.15) is 0 Å². The standard InChI is InChI=1S/C17H17N3O2/c21-14(10-18-13-6-2-1-3-7-13)11-20-12-19-16-9-5-4-8-15(16)17(20)22/h1-9,12,14,18,21H,10-11H2/t14-/m0/s1. The number of nitrogens with zero attached hydrogens (tertiary/aromatic N) is 2. The van der Waals surface area contributed by atoms with E-state index < -0.39 is 6.10 Å². The van der Waals surface area contributed by atoms with E-state index in [1.165, 1.54) is 10.9 Å². The van der Waals surface area contributed by atoms with Crippen molar-refractivity contribution in [2.45, 2.75) is 12.6 Å². The van der Waals surface area contributed by atoms with E-state index in [0.717, 1.165) is 5.69 Å². The first-order valence-electron chi connectivity index (χ1n) is 7.15. The van der Waals surface area contributed by atoms with Crippen LogP contribution in [0.1, 0.15) is 0 Å². The lowest BCUT2D eigenvalue weighted by Crippen LogP contribution is -2.31. The summed E-state index contributed by atoms with van der Waals surface area (Å²) in [6.45, 7) is 0.569. The van der Waals surface area contributed by atoms with Crippen LogP contribution in [0.25, 0.3) is 10.9 Å². The first kappa shape index (κ1) is 14.3. The molecule has 0 aliphatic rings. The molecule has 1 atom stereocenters. The maximum atomic E-state index is 12.3. The maximum absolute atomic E-state index is 12.3. The molecule has 0 unspecified atom stereocenters. The summed E-state index contributed by atoms with van der Waals surface area (Å²) >= 11 is 0. The molecule has 5 nitrogen and oxygen atoms in total. The van der Waals surface area contributed by atoms with Gasteiger partial charge in [-0.15, -0.1) is 0 Å². The van der Waals surface area contributed by atoms with Gasteiger partial charge >= 0.3 is 0 Å². The summed E-state index contributed by atoms with van der Waals surface area (Å²) in [5, 5.41) is 13.8. The average molecular weight is 295 g/mol. The predicted molar refractivity (Wildman–Crippen MR) is 86.9 cm³/mol. The molecule has 2 aromatic carbocycles. The summed E-state index contributed by atoms with van der Waals surface area (Å²) in [5.41, 5.74) is 1.47. The van der Waals surface area contributed by atoms with Gasteiger partial charge in [0.2, 0.25) is 0 Å². The monoisotopic (exact) mass is 295 g/mol. The predicted octanol–water partition coefficient (Wildman–Crippen LogP) is 1.87. The van der Waals surface area contributed by atoms with E-state index in [4.69, 9.17) is 0 Å². The van der Waals surface area contributed by atoms with Crippen molar-refractivity contribution in [3.63, 3.8) is 0 Å². The highest BCUT2D eigenvalue weighted by molar-refractivity contribution is 5.76. The molecule has 0 aliphatic heterocycles. The van der Waals surface area contributed by atoms with E-state index in [0.29, 0.717) is 17.4 Å². The Morgan fingerprint density at radius 3 is 2.64 bits per heavy atom. The zero-order chi connectivity index (χ0) is 15.4. The Labute approximate surface area is 127 Å². The number of hydrogen-bond donors (Lipinski definition) is 2. The number of fused-ring (bicyclic) bond motifs is 1. The van der Waals surface area contributed by atoms with Crippen LogP contribution in [0, 0.1) is 0 Å². The van der Waals surface area contributed by atoms with Crippen molar-refractivity contribution in [1.82, 2.24) is 9.55 Å². The van der Waals surface area contributed by atoms with E-state index in [1.54, 1.807) is 12.1 Å². The normalized spacial score (nSPS) is 12.2. The van der Waals surface area contributed by atoms with Gasteiger partial charge < -0.3 is 10.4 Å². The van der Waals surface area contributed by atoms with Gasteiger partial charge in [-0.25, -0.2) is 4.98 Å². The zero-order valence-corrected chi connectivity index (χ0v) is 12.0. The summed E-state index contributed by atoms with van der Waals surface area (Å²) in [4.78, 5) is 16.6. The zero-order valence-electron chi connectivity index (χ0n) is 12.0. The van der Waals surface area contributed by atoms with Crippen LogP contribution in [0.2, 0.25) is 0 Å². The highest BCUT2D eigenvalue weighted by Gasteiger charge is 2.09. The lowest BCUT2D eigenvalue weighted by molar-refractivity contribution is 0.165. The average Bonchev–Trinajstić information content (AvgIpc) is 2.57. The minimum absolute atomic E-state index is 0.135. The summed E-state index contributed by atoms with van der Waals surface area (Å²) in [5.74, 6) is 0. The van der Waals surface area contributed by atoms with Crippen molar-refractivity contribution in [1.29, 1.82) is 0 Å². The minimum atomic E-state index is -0.680. The molecular weight excluding hydrogens is 278 g/mol. The molecule has 0 bridgehead atoms. The molecule has 0 amide bonds. The van der Waals surface area contributed by atoms with Gasteiger partial charge in [0.05, 0.1) is 29.9 Å².